The third kappa shape index (κ3) is 4.43. The lowest BCUT2D eigenvalue weighted by Crippen LogP contribution is -2.33. The zero-order chi connectivity index (χ0) is 25.2. The van der Waals surface area contributed by atoms with Crippen molar-refractivity contribution in [2.75, 3.05) is 6.54 Å². The number of hydrogen-bond acceptors (Lipinski definition) is 6. The van der Waals surface area contributed by atoms with Crippen LogP contribution in [0.4, 0.5) is 4.39 Å². The maximum absolute atomic E-state index is 13.8. The number of benzene rings is 2. The van der Waals surface area contributed by atoms with Gasteiger partial charge < -0.3 is 10.0 Å². The number of carbonyl (C=O) groups is 2. The second-order valence-electron chi connectivity index (χ2n) is 8.45. The van der Waals surface area contributed by atoms with Gasteiger partial charge >= 0.3 is 0 Å². The predicted molar refractivity (Wildman–Crippen MR) is 135 cm³/mol. The van der Waals surface area contributed by atoms with E-state index >= 15 is 0 Å². The molecule has 0 aliphatic carbocycles. The van der Waals surface area contributed by atoms with E-state index in [4.69, 9.17) is 0 Å². The van der Waals surface area contributed by atoms with Gasteiger partial charge in [-0.05, 0) is 48.7 Å². The van der Waals surface area contributed by atoms with E-state index in [-0.39, 0.29) is 17.9 Å². The number of thiazole rings is 1. The van der Waals surface area contributed by atoms with Crippen molar-refractivity contribution in [1.82, 2.24) is 14.9 Å². The quantitative estimate of drug-likeness (QED) is 0.341. The minimum Gasteiger partial charge on any atom is -0.503 e. The van der Waals surface area contributed by atoms with Gasteiger partial charge in [-0.15, -0.1) is 11.3 Å². The third-order valence-corrected chi connectivity index (χ3v) is 7.35. The van der Waals surface area contributed by atoms with E-state index in [9.17, 15) is 19.1 Å². The van der Waals surface area contributed by atoms with Crippen LogP contribution < -0.4 is 0 Å². The van der Waals surface area contributed by atoms with Crippen LogP contribution in [-0.2, 0) is 11.2 Å². The second kappa shape index (κ2) is 9.83. The molecule has 2 aromatic carbocycles. The molecule has 0 fully saturated rings. The Morgan fingerprint density at radius 3 is 2.44 bits per heavy atom. The molecule has 5 rings (SSSR count). The molecule has 1 aliphatic rings. The first-order chi connectivity index (χ1) is 17.4. The van der Waals surface area contributed by atoms with Gasteiger partial charge in [0.1, 0.15) is 10.8 Å². The first kappa shape index (κ1) is 23.6. The summed E-state index contributed by atoms with van der Waals surface area (Å²) < 4.78 is 13.3. The van der Waals surface area contributed by atoms with E-state index in [1.807, 2.05) is 30.3 Å². The fourth-order valence-electron chi connectivity index (χ4n) is 4.34. The number of Topliss-reactive ketones (excluding diaryl/α,β-unsaturated/α-hetero) is 1. The fraction of sp³-hybridized carbons (Fsp3) is 0.143. The van der Waals surface area contributed by atoms with Crippen LogP contribution in [0.15, 0.2) is 90.5 Å². The first-order valence-electron chi connectivity index (χ1n) is 11.4. The largest absolute Gasteiger partial charge is 0.503 e. The highest BCUT2D eigenvalue weighted by molar-refractivity contribution is 7.17. The van der Waals surface area contributed by atoms with Crippen LogP contribution in [0.3, 0.4) is 0 Å². The van der Waals surface area contributed by atoms with Crippen molar-refractivity contribution in [1.29, 1.82) is 0 Å². The van der Waals surface area contributed by atoms with Crippen LogP contribution in [-0.4, -0.2) is 38.2 Å². The van der Waals surface area contributed by atoms with Crippen molar-refractivity contribution in [2.24, 2.45) is 0 Å². The zero-order valence-corrected chi connectivity index (χ0v) is 20.2. The highest BCUT2D eigenvalue weighted by atomic mass is 32.1. The molecule has 180 valence electrons. The van der Waals surface area contributed by atoms with Gasteiger partial charge in [0.2, 0.25) is 5.78 Å². The smallest absolute Gasteiger partial charge is 0.290 e. The Kier molecular flexibility index (Phi) is 6.43. The molecule has 0 saturated heterocycles. The number of halogens is 1. The number of aryl methyl sites for hydroxylation is 1. The molecule has 0 radical (unpaired) electrons. The van der Waals surface area contributed by atoms with Crippen molar-refractivity contribution >= 4 is 23.0 Å². The summed E-state index contributed by atoms with van der Waals surface area (Å²) in [6.07, 6.45) is 3.60. The Morgan fingerprint density at radius 2 is 1.75 bits per heavy atom. The average molecular weight is 500 g/mol. The molecule has 1 amide bonds. The van der Waals surface area contributed by atoms with Gasteiger partial charge in [-0.3, -0.25) is 14.6 Å². The van der Waals surface area contributed by atoms with E-state index in [2.05, 4.69) is 9.97 Å². The maximum atomic E-state index is 13.8. The molecule has 8 heteroatoms. The molecular weight excluding hydrogens is 477 g/mol. The molecule has 4 aromatic rings. The van der Waals surface area contributed by atoms with Crippen LogP contribution in [0.1, 0.15) is 32.5 Å². The summed E-state index contributed by atoms with van der Waals surface area (Å²) in [5.41, 5.74) is 2.95. The van der Waals surface area contributed by atoms with Gasteiger partial charge in [0.25, 0.3) is 5.91 Å². The summed E-state index contributed by atoms with van der Waals surface area (Å²) >= 11 is 1.24. The number of nitrogens with zero attached hydrogens (tertiary/aromatic N) is 3. The molecule has 36 heavy (non-hydrogen) atoms. The lowest BCUT2D eigenvalue weighted by atomic mass is 9.95. The van der Waals surface area contributed by atoms with Crippen LogP contribution in [0, 0.1) is 12.7 Å². The molecule has 1 N–H and O–H groups in total. The van der Waals surface area contributed by atoms with Crippen molar-refractivity contribution in [3.05, 3.63) is 118 Å². The van der Waals surface area contributed by atoms with Crippen molar-refractivity contribution in [3.63, 3.8) is 0 Å². The Morgan fingerprint density at radius 1 is 1.06 bits per heavy atom. The number of aliphatic hydroxyl groups excluding tert-OH is 1. The Labute approximate surface area is 211 Å². The summed E-state index contributed by atoms with van der Waals surface area (Å²) in [4.78, 5) is 37.5. The predicted octanol–water partition coefficient (Wildman–Crippen LogP) is 5.47. The Balaban J connectivity index is 1.50. The van der Waals surface area contributed by atoms with E-state index in [1.54, 1.807) is 43.6 Å². The lowest BCUT2D eigenvalue weighted by Gasteiger charge is -2.26. The lowest BCUT2D eigenvalue weighted by molar-refractivity contribution is -0.129. The normalized spacial score (nSPS) is 15.6. The number of carbonyl (C=O) groups excluding carboxylic acids is 2. The average Bonchev–Trinajstić information content (AvgIpc) is 3.41. The minimum absolute atomic E-state index is 0.0247. The summed E-state index contributed by atoms with van der Waals surface area (Å²) in [7, 11) is 0. The molecule has 6 nitrogen and oxygen atoms in total. The van der Waals surface area contributed by atoms with Gasteiger partial charge in [-0.1, -0.05) is 42.5 Å². The molecule has 1 aliphatic heterocycles. The fourth-order valence-corrected chi connectivity index (χ4v) is 5.37. The summed E-state index contributed by atoms with van der Waals surface area (Å²) in [5.74, 6) is -1.94. The number of pyridine rings is 1. The molecule has 0 bridgehead atoms. The van der Waals surface area contributed by atoms with Crippen molar-refractivity contribution in [2.45, 2.75) is 19.4 Å². The Bertz CT molecular complexity index is 1450. The Hall–Kier alpha value is -4.17. The minimum atomic E-state index is -0.782. The van der Waals surface area contributed by atoms with E-state index in [0.717, 1.165) is 11.1 Å². The molecule has 1 atom stereocenters. The van der Waals surface area contributed by atoms with Crippen LogP contribution in [0.5, 0.6) is 0 Å². The number of aliphatic hydroxyl groups is 1. The number of aromatic nitrogens is 2. The van der Waals surface area contributed by atoms with Crippen LogP contribution in [0.2, 0.25) is 0 Å². The highest BCUT2D eigenvalue weighted by Gasteiger charge is 2.44. The molecule has 0 saturated carbocycles. The molecular formula is C28H22FN3O3S. The van der Waals surface area contributed by atoms with Crippen molar-refractivity contribution in [3.8, 4) is 10.6 Å². The van der Waals surface area contributed by atoms with Gasteiger partial charge in [-0.2, -0.15) is 0 Å². The number of amides is 1. The standard InChI is InChI=1S/C28H22FN3O3S/c1-17-26(36-27(31-17)20-5-3-2-4-6-20)24(33)22-23(19-11-14-30-15-12-19)32(28(35)25(22)34)16-13-18-7-9-21(29)10-8-18/h2-12,14-15,23,34H,13,16H2,1H3. The van der Waals surface area contributed by atoms with E-state index in [1.165, 1.54) is 28.4 Å². The highest BCUT2D eigenvalue weighted by Crippen LogP contribution is 2.40. The third-order valence-electron chi connectivity index (χ3n) is 6.15. The number of rotatable bonds is 7. The SMILES string of the molecule is Cc1nc(-c2ccccc2)sc1C(=O)C1=C(O)C(=O)N(CCc2ccc(F)cc2)C1c1ccncc1. The van der Waals surface area contributed by atoms with Gasteiger partial charge in [0.05, 0.1) is 22.2 Å². The molecule has 0 spiro atoms. The summed E-state index contributed by atoms with van der Waals surface area (Å²) in [6, 6.07) is 18.2. The van der Waals surface area contributed by atoms with Gasteiger partial charge in [0.15, 0.2) is 5.76 Å². The van der Waals surface area contributed by atoms with Gasteiger partial charge in [-0.25, -0.2) is 9.37 Å². The number of hydrogen-bond donors (Lipinski definition) is 1. The molecule has 1 unspecified atom stereocenters. The number of ketones is 1. The molecule has 2 aromatic heterocycles. The van der Waals surface area contributed by atoms with Crippen molar-refractivity contribution < 1.29 is 19.1 Å². The second-order valence-corrected chi connectivity index (χ2v) is 9.45. The first-order valence-corrected chi connectivity index (χ1v) is 12.2. The summed E-state index contributed by atoms with van der Waals surface area (Å²) in [6.45, 7) is 1.98. The van der Waals surface area contributed by atoms with E-state index in [0.29, 0.717) is 27.6 Å². The van der Waals surface area contributed by atoms with Gasteiger partial charge in [0, 0.05) is 24.5 Å². The van der Waals surface area contributed by atoms with E-state index < -0.39 is 23.5 Å². The summed E-state index contributed by atoms with van der Waals surface area (Å²) in [5, 5.41) is 11.6. The van der Waals surface area contributed by atoms with Crippen LogP contribution >= 0.6 is 11.3 Å². The topological polar surface area (TPSA) is 83.4 Å². The molecule has 3 heterocycles. The maximum Gasteiger partial charge on any atom is 0.290 e. The van der Waals surface area contributed by atoms with Crippen LogP contribution in [0.25, 0.3) is 10.6 Å². The zero-order valence-electron chi connectivity index (χ0n) is 19.4. The monoisotopic (exact) mass is 499 g/mol.